The number of fused-ring (bicyclic) bond motifs is 4. The minimum absolute atomic E-state index is 0.0743. The summed E-state index contributed by atoms with van der Waals surface area (Å²) in [6.07, 6.45) is 7.08. The summed E-state index contributed by atoms with van der Waals surface area (Å²) in [5.41, 5.74) is -1.97. The molecule has 2 saturated heterocycles. The molecule has 6 aliphatic rings. The highest BCUT2D eigenvalue weighted by Crippen LogP contribution is 2.75. The third-order valence-electron chi connectivity index (χ3n) is 10.9. The highest BCUT2D eigenvalue weighted by Gasteiger charge is 2.79. The molecule has 4 aliphatic carbocycles. The molecule has 0 bridgehead atoms. The average molecular weight is 449 g/mol. The summed E-state index contributed by atoms with van der Waals surface area (Å²) in [7, 11) is 0. The molecule has 1 N–H and O–H groups in total. The Balaban J connectivity index is 1.27. The third kappa shape index (κ3) is 2.51. The number of ketones is 1. The first-order valence-corrected chi connectivity index (χ1v) is 12.4. The van der Waals surface area contributed by atoms with Crippen LogP contribution >= 0.6 is 0 Å². The first-order chi connectivity index (χ1) is 15.1. The number of rotatable bonds is 3. The lowest BCUT2D eigenvalue weighted by molar-refractivity contribution is -0.229. The van der Waals surface area contributed by atoms with E-state index in [1.165, 1.54) is 6.92 Å². The number of hydrogen-bond acceptors (Lipinski definition) is 7. The molecule has 8 atom stereocenters. The Bertz CT molecular complexity index is 851. The highest BCUT2D eigenvalue weighted by molar-refractivity contribution is 5.90. The first kappa shape index (κ1) is 21.5. The molecule has 0 aromatic rings. The summed E-state index contributed by atoms with van der Waals surface area (Å²) >= 11 is 0. The van der Waals surface area contributed by atoms with E-state index in [9.17, 15) is 14.7 Å². The van der Waals surface area contributed by atoms with Crippen molar-refractivity contribution >= 4 is 11.8 Å². The number of carbonyl (C=O) groups excluding carboxylic acids is 2. The maximum absolute atomic E-state index is 13.0. The van der Waals surface area contributed by atoms with Crippen LogP contribution in [0.5, 0.6) is 0 Å². The molecule has 178 valence electrons. The van der Waals surface area contributed by atoms with Gasteiger partial charge in [-0.25, -0.2) is 0 Å². The number of ether oxygens (including phenoxy) is 4. The summed E-state index contributed by atoms with van der Waals surface area (Å²) in [5, 5.41) is 11.6. The summed E-state index contributed by atoms with van der Waals surface area (Å²) < 4.78 is 23.7. The molecular weight excluding hydrogens is 412 g/mol. The molecule has 0 aromatic heterocycles. The van der Waals surface area contributed by atoms with Crippen molar-refractivity contribution < 1.29 is 33.6 Å². The zero-order valence-electron chi connectivity index (χ0n) is 19.5. The summed E-state index contributed by atoms with van der Waals surface area (Å²) in [5.74, 6) is -0.0516. The molecular formula is C25H36O7. The fourth-order valence-electron chi connectivity index (χ4n) is 9.13. The molecule has 6 fully saturated rings. The fourth-order valence-corrected chi connectivity index (χ4v) is 9.13. The van der Waals surface area contributed by atoms with Gasteiger partial charge in [0.05, 0.1) is 19.3 Å². The van der Waals surface area contributed by atoms with Crippen LogP contribution in [0.1, 0.15) is 72.1 Å². The molecule has 3 unspecified atom stereocenters. The van der Waals surface area contributed by atoms with E-state index in [-0.39, 0.29) is 35.4 Å². The Morgan fingerprint density at radius 2 is 1.69 bits per heavy atom. The van der Waals surface area contributed by atoms with Crippen LogP contribution in [0.2, 0.25) is 0 Å². The van der Waals surface area contributed by atoms with E-state index in [4.69, 9.17) is 18.9 Å². The molecule has 6 rings (SSSR count). The summed E-state index contributed by atoms with van der Waals surface area (Å²) in [4.78, 5) is 24.3. The third-order valence-corrected chi connectivity index (χ3v) is 10.9. The van der Waals surface area contributed by atoms with Crippen LogP contribution in [0.25, 0.3) is 0 Å². The van der Waals surface area contributed by atoms with E-state index in [0.717, 1.165) is 44.9 Å². The van der Waals surface area contributed by atoms with Crippen LogP contribution in [0.4, 0.5) is 0 Å². The van der Waals surface area contributed by atoms with Crippen LogP contribution < -0.4 is 0 Å². The first-order valence-electron chi connectivity index (χ1n) is 12.4. The minimum atomic E-state index is -1.42. The standard InChI is InChI=1S/C25H36O7/c1-15(26)29-13-19(27)24(28)7-5-17-16-12-20-25(32-20)14-23(30-10-11-31-23)9-8-22(25,3)18(16)4-6-21(17,24)2/h16-18,20,28H,4-14H2,1-3H3/t16?,17?,18?,20-,21-,22+,24-,25-/m0/s1. The Morgan fingerprint density at radius 3 is 2.41 bits per heavy atom. The lowest BCUT2D eigenvalue weighted by Gasteiger charge is -2.60. The Hall–Kier alpha value is -1.02. The predicted molar refractivity (Wildman–Crippen MR) is 112 cm³/mol. The summed E-state index contributed by atoms with van der Waals surface area (Å²) in [6, 6.07) is 0. The van der Waals surface area contributed by atoms with Crippen molar-refractivity contribution in [2.24, 2.45) is 28.6 Å². The maximum atomic E-state index is 13.0. The monoisotopic (exact) mass is 448 g/mol. The van der Waals surface area contributed by atoms with Crippen molar-refractivity contribution in [3.8, 4) is 0 Å². The van der Waals surface area contributed by atoms with Gasteiger partial charge in [-0.15, -0.1) is 0 Å². The van der Waals surface area contributed by atoms with Crippen LogP contribution in [0, 0.1) is 28.6 Å². The van der Waals surface area contributed by atoms with Gasteiger partial charge >= 0.3 is 5.97 Å². The SMILES string of the molecule is CC(=O)OCC(=O)[C@@]1(O)CCC2C3C[C@@H]4O[C@@]45CC4(CC[C@]5(C)C3CC[C@@]21C)OCCO4. The smallest absolute Gasteiger partial charge is 0.303 e. The molecule has 7 heteroatoms. The molecule has 4 saturated carbocycles. The van der Waals surface area contributed by atoms with E-state index >= 15 is 0 Å². The number of carbonyl (C=O) groups is 2. The molecule has 2 aliphatic heterocycles. The van der Waals surface area contributed by atoms with Gasteiger partial charge in [-0.3, -0.25) is 9.59 Å². The van der Waals surface area contributed by atoms with Gasteiger partial charge < -0.3 is 24.1 Å². The Labute approximate surface area is 189 Å². The number of hydrogen-bond donors (Lipinski definition) is 1. The van der Waals surface area contributed by atoms with E-state index in [1.54, 1.807) is 0 Å². The molecule has 2 spiro atoms. The van der Waals surface area contributed by atoms with Crippen LogP contribution in [-0.2, 0) is 28.5 Å². The quantitative estimate of drug-likeness (QED) is 0.524. The second-order valence-electron chi connectivity index (χ2n) is 11.9. The van der Waals surface area contributed by atoms with Crippen LogP contribution in [0.15, 0.2) is 0 Å². The summed E-state index contributed by atoms with van der Waals surface area (Å²) in [6.45, 7) is 6.81. The van der Waals surface area contributed by atoms with Crippen LogP contribution in [0.3, 0.4) is 0 Å². The minimum Gasteiger partial charge on any atom is -0.458 e. The molecule has 0 aromatic carbocycles. The zero-order chi connectivity index (χ0) is 22.6. The van der Waals surface area contributed by atoms with Gasteiger partial charge in [0.25, 0.3) is 0 Å². The number of esters is 1. The van der Waals surface area contributed by atoms with E-state index < -0.39 is 22.8 Å². The van der Waals surface area contributed by atoms with E-state index in [0.29, 0.717) is 31.5 Å². The normalized spacial score (nSPS) is 52.5. The Kier molecular flexibility index (Phi) is 4.41. The van der Waals surface area contributed by atoms with Crippen LogP contribution in [-0.4, -0.2) is 59.8 Å². The predicted octanol–water partition coefficient (Wildman–Crippen LogP) is 2.77. The van der Waals surface area contributed by atoms with Gasteiger partial charge in [0, 0.05) is 30.6 Å². The van der Waals surface area contributed by atoms with Gasteiger partial charge in [0.2, 0.25) is 5.78 Å². The molecule has 2 heterocycles. The lowest BCUT2D eigenvalue weighted by atomic mass is 9.44. The van der Waals surface area contributed by atoms with Crippen molar-refractivity contribution in [2.75, 3.05) is 19.8 Å². The second-order valence-corrected chi connectivity index (χ2v) is 11.9. The zero-order valence-corrected chi connectivity index (χ0v) is 19.5. The number of epoxide rings is 1. The average Bonchev–Trinajstić information content (AvgIpc) is 3.11. The van der Waals surface area contributed by atoms with Crippen molar-refractivity contribution in [1.29, 1.82) is 0 Å². The van der Waals surface area contributed by atoms with Gasteiger partial charge in [-0.2, -0.15) is 0 Å². The van der Waals surface area contributed by atoms with E-state index in [2.05, 4.69) is 13.8 Å². The molecule has 0 amide bonds. The van der Waals surface area contributed by atoms with Crippen molar-refractivity contribution in [3.63, 3.8) is 0 Å². The largest absolute Gasteiger partial charge is 0.458 e. The van der Waals surface area contributed by atoms with Crippen molar-refractivity contribution in [3.05, 3.63) is 0 Å². The number of Topliss-reactive ketones (excluding diaryl/α,β-unsaturated/α-hetero) is 1. The van der Waals surface area contributed by atoms with Crippen molar-refractivity contribution in [1.82, 2.24) is 0 Å². The topological polar surface area (TPSA) is 94.6 Å². The van der Waals surface area contributed by atoms with Gasteiger partial charge in [0.1, 0.15) is 11.2 Å². The van der Waals surface area contributed by atoms with Crippen molar-refractivity contribution in [2.45, 2.75) is 95.2 Å². The number of aliphatic hydroxyl groups is 1. The Morgan fingerprint density at radius 1 is 1.00 bits per heavy atom. The fraction of sp³-hybridized carbons (Fsp3) is 0.920. The van der Waals surface area contributed by atoms with E-state index in [1.807, 2.05) is 0 Å². The second kappa shape index (κ2) is 6.55. The van der Waals surface area contributed by atoms with Gasteiger partial charge in [-0.1, -0.05) is 13.8 Å². The molecule has 7 nitrogen and oxygen atoms in total. The van der Waals surface area contributed by atoms with Gasteiger partial charge in [0.15, 0.2) is 12.4 Å². The molecule has 0 radical (unpaired) electrons. The lowest BCUT2D eigenvalue weighted by Crippen LogP contribution is -2.63. The maximum Gasteiger partial charge on any atom is 0.303 e. The van der Waals surface area contributed by atoms with Gasteiger partial charge in [-0.05, 0) is 56.3 Å². The molecule has 32 heavy (non-hydrogen) atoms. The highest BCUT2D eigenvalue weighted by atomic mass is 16.7.